The molecule has 0 aliphatic heterocycles. The molecule has 2 N–H and O–H groups in total. The lowest BCUT2D eigenvalue weighted by Gasteiger charge is -2.03. The van der Waals surface area contributed by atoms with Crippen molar-refractivity contribution in [2.45, 2.75) is 0 Å². The molecule has 1 aromatic carbocycles. The highest BCUT2D eigenvalue weighted by Crippen LogP contribution is 2.14. The Morgan fingerprint density at radius 2 is 2.09 bits per heavy atom. The van der Waals surface area contributed by atoms with Crippen LogP contribution in [0, 0.1) is 10.1 Å². The molecule has 0 radical (unpaired) electrons. The summed E-state index contributed by atoms with van der Waals surface area (Å²) in [6, 6.07) is 4.92. The third kappa shape index (κ3) is 5.82. The fraction of sp³-hybridized carbons (Fsp3) is 0.154. The van der Waals surface area contributed by atoms with Gasteiger partial charge in [0, 0.05) is 25.3 Å². The van der Waals surface area contributed by atoms with Gasteiger partial charge in [-0.05, 0) is 11.6 Å². The number of nitro benzene ring substituents is 1. The van der Waals surface area contributed by atoms with E-state index < -0.39 is 29.4 Å². The van der Waals surface area contributed by atoms with Crippen molar-refractivity contribution >= 4 is 29.7 Å². The minimum absolute atomic E-state index is 0.111. The smallest absolute Gasteiger partial charge is 0.331 e. The zero-order chi connectivity index (χ0) is 16.5. The van der Waals surface area contributed by atoms with Gasteiger partial charge in [0.05, 0.1) is 4.92 Å². The second kappa shape index (κ2) is 8.15. The van der Waals surface area contributed by atoms with E-state index in [9.17, 15) is 24.5 Å². The molecule has 9 nitrogen and oxygen atoms in total. The van der Waals surface area contributed by atoms with Crippen LogP contribution >= 0.6 is 0 Å². The van der Waals surface area contributed by atoms with Crippen molar-refractivity contribution < 1.29 is 24.0 Å². The van der Waals surface area contributed by atoms with Gasteiger partial charge in [-0.25, -0.2) is 9.59 Å². The Hall–Kier alpha value is -3.23. The molecule has 1 aromatic rings. The first-order valence-corrected chi connectivity index (χ1v) is 6.03. The Labute approximate surface area is 125 Å². The summed E-state index contributed by atoms with van der Waals surface area (Å²) in [6.07, 6.45) is 2.33. The summed E-state index contributed by atoms with van der Waals surface area (Å²) < 4.78 is 4.60. The molecule has 22 heavy (non-hydrogen) atoms. The van der Waals surface area contributed by atoms with Crippen molar-refractivity contribution in [2.24, 2.45) is 0 Å². The van der Waals surface area contributed by atoms with E-state index in [1.165, 1.54) is 31.3 Å². The third-order valence-electron chi connectivity index (χ3n) is 2.32. The van der Waals surface area contributed by atoms with Crippen LogP contribution in [0.15, 0.2) is 30.3 Å². The van der Waals surface area contributed by atoms with E-state index in [1.807, 2.05) is 5.32 Å². The zero-order valence-electron chi connectivity index (χ0n) is 11.6. The Balaban J connectivity index is 2.51. The first-order valence-electron chi connectivity index (χ1n) is 6.03. The number of urea groups is 1. The van der Waals surface area contributed by atoms with Gasteiger partial charge in [0.25, 0.3) is 11.6 Å². The van der Waals surface area contributed by atoms with Crippen LogP contribution in [-0.2, 0) is 14.3 Å². The maximum absolute atomic E-state index is 11.4. The second-order valence-corrected chi connectivity index (χ2v) is 3.92. The molecule has 0 aromatic heterocycles. The molecule has 9 heteroatoms. The van der Waals surface area contributed by atoms with E-state index in [0.717, 1.165) is 6.08 Å². The van der Waals surface area contributed by atoms with E-state index in [0.29, 0.717) is 5.56 Å². The van der Waals surface area contributed by atoms with Gasteiger partial charge in [-0.15, -0.1) is 0 Å². The van der Waals surface area contributed by atoms with E-state index in [1.54, 1.807) is 6.07 Å². The fourth-order valence-electron chi connectivity index (χ4n) is 1.32. The molecular formula is C13H13N3O6. The molecular weight excluding hydrogens is 294 g/mol. The first-order chi connectivity index (χ1) is 10.4. The van der Waals surface area contributed by atoms with Gasteiger partial charge in [0.1, 0.15) is 0 Å². The maximum Gasteiger partial charge on any atom is 0.331 e. The largest absolute Gasteiger partial charge is 0.452 e. The average Bonchev–Trinajstić information content (AvgIpc) is 2.51. The number of nitro groups is 1. The monoisotopic (exact) mass is 307 g/mol. The molecule has 0 aliphatic rings. The standard InChI is InChI=1S/C13H13N3O6/c1-14-13(19)15-11(17)8-22-12(18)6-5-9-3-2-4-10(7-9)16(20)21/h2-7H,8H2,1H3,(H2,14,15,17,19)/b6-5+. The summed E-state index contributed by atoms with van der Waals surface area (Å²) in [7, 11) is 1.33. The first kappa shape index (κ1) is 16.8. The number of benzene rings is 1. The summed E-state index contributed by atoms with van der Waals surface area (Å²) >= 11 is 0. The van der Waals surface area contributed by atoms with Crippen molar-refractivity contribution in [1.29, 1.82) is 0 Å². The average molecular weight is 307 g/mol. The van der Waals surface area contributed by atoms with Crippen molar-refractivity contribution in [2.75, 3.05) is 13.7 Å². The molecule has 116 valence electrons. The lowest BCUT2D eigenvalue weighted by Crippen LogP contribution is -2.39. The molecule has 0 fully saturated rings. The SMILES string of the molecule is CNC(=O)NC(=O)COC(=O)/C=C/c1cccc([N+](=O)[O-])c1. The number of rotatable bonds is 5. The lowest BCUT2D eigenvalue weighted by molar-refractivity contribution is -0.384. The Morgan fingerprint density at radius 1 is 1.36 bits per heavy atom. The van der Waals surface area contributed by atoms with Crippen LogP contribution in [0.3, 0.4) is 0 Å². The summed E-state index contributed by atoms with van der Waals surface area (Å²) in [6.45, 7) is -0.620. The van der Waals surface area contributed by atoms with Crippen LogP contribution in [-0.4, -0.2) is 36.5 Å². The molecule has 0 unspecified atom stereocenters. The van der Waals surface area contributed by atoms with Crippen LogP contribution < -0.4 is 10.6 Å². The molecule has 0 atom stereocenters. The molecule has 0 saturated heterocycles. The summed E-state index contributed by atoms with van der Waals surface area (Å²) in [5, 5.41) is 14.7. The Bertz CT molecular complexity index is 626. The molecule has 0 aliphatic carbocycles. The minimum Gasteiger partial charge on any atom is -0.452 e. The molecule has 0 saturated carbocycles. The maximum atomic E-state index is 11.4. The summed E-state index contributed by atoms with van der Waals surface area (Å²) in [4.78, 5) is 43.4. The molecule has 0 heterocycles. The van der Waals surface area contributed by atoms with Crippen LogP contribution in [0.2, 0.25) is 0 Å². The predicted molar refractivity (Wildman–Crippen MR) is 75.7 cm³/mol. The van der Waals surface area contributed by atoms with Gasteiger partial charge in [-0.1, -0.05) is 12.1 Å². The molecule has 0 spiro atoms. The van der Waals surface area contributed by atoms with Crippen LogP contribution in [0.4, 0.5) is 10.5 Å². The topological polar surface area (TPSA) is 128 Å². The quantitative estimate of drug-likeness (QED) is 0.355. The Morgan fingerprint density at radius 3 is 2.73 bits per heavy atom. The highest BCUT2D eigenvalue weighted by atomic mass is 16.6. The number of hydrogen-bond acceptors (Lipinski definition) is 6. The lowest BCUT2D eigenvalue weighted by atomic mass is 10.2. The Kier molecular flexibility index (Phi) is 6.23. The van der Waals surface area contributed by atoms with Gasteiger partial charge in [-0.3, -0.25) is 20.2 Å². The van der Waals surface area contributed by atoms with Gasteiger partial charge in [0.2, 0.25) is 0 Å². The van der Waals surface area contributed by atoms with Crippen molar-refractivity contribution in [3.63, 3.8) is 0 Å². The minimum atomic E-state index is -0.821. The van der Waals surface area contributed by atoms with Gasteiger partial charge in [-0.2, -0.15) is 0 Å². The number of nitrogens with one attached hydrogen (secondary N) is 2. The van der Waals surface area contributed by atoms with Crippen molar-refractivity contribution in [3.05, 3.63) is 46.0 Å². The van der Waals surface area contributed by atoms with Gasteiger partial charge < -0.3 is 10.1 Å². The van der Waals surface area contributed by atoms with Crippen LogP contribution in [0.25, 0.3) is 6.08 Å². The van der Waals surface area contributed by atoms with Crippen molar-refractivity contribution in [3.8, 4) is 0 Å². The number of ether oxygens (including phenoxy) is 1. The third-order valence-corrected chi connectivity index (χ3v) is 2.32. The van der Waals surface area contributed by atoms with E-state index >= 15 is 0 Å². The highest BCUT2D eigenvalue weighted by Gasteiger charge is 2.08. The van der Waals surface area contributed by atoms with Crippen LogP contribution in [0.5, 0.6) is 0 Å². The van der Waals surface area contributed by atoms with E-state index in [4.69, 9.17) is 0 Å². The number of carbonyl (C=O) groups excluding carboxylic acids is 3. The fourth-order valence-corrected chi connectivity index (χ4v) is 1.32. The number of non-ortho nitro benzene ring substituents is 1. The normalized spacial score (nSPS) is 10.0. The summed E-state index contributed by atoms with van der Waals surface area (Å²) in [5.74, 6) is -1.60. The number of esters is 1. The number of nitrogens with zero attached hydrogens (tertiary/aromatic N) is 1. The zero-order valence-corrected chi connectivity index (χ0v) is 11.6. The highest BCUT2D eigenvalue weighted by molar-refractivity contribution is 5.96. The molecule has 1 rings (SSSR count). The molecule has 0 bridgehead atoms. The number of imide groups is 1. The number of carbonyl (C=O) groups is 3. The number of hydrogen-bond donors (Lipinski definition) is 2. The second-order valence-electron chi connectivity index (χ2n) is 3.92. The number of amides is 3. The van der Waals surface area contributed by atoms with E-state index in [-0.39, 0.29) is 5.69 Å². The van der Waals surface area contributed by atoms with E-state index in [2.05, 4.69) is 10.1 Å². The van der Waals surface area contributed by atoms with Crippen molar-refractivity contribution in [1.82, 2.24) is 10.6 Å². The van der Waals surface area contributed by atoms with Crippen LogP contribution in [0.1, 0.15) is 5.56 Å². The summed E-state index contributed by atoms with van der Waals surface area (Å²) in [5.41, 5.74) is 0.321. The molecule has 3 amide bonds. The van der Waals surface area contributed by atoms with Gasteiger partial charge in [0.15, 0.2) is 6.61 Å². The van der Waals surface area contributed by atoms with Gasteiger partial charge >= 0.3 is 12.0 Å². The predicted octanol–water partition coefficient (Wildman–Crippen LogP) is 0.607.